The molecular formula is C24H32FN3O4S2. The number of allylic oxidation sites excluding steroid dienone is 4. The number of halogens is 1. The molecule has 1 amide bonds. The maximum absolute atomic E-state index is 14.2. The van der Waals surface area contributed by atoms with Gasteiger partial charge in [-0.1, -0.05) is 59.6 Å². The second-order valence-corrected chi connectivity index (χ2v) is 10.7. The van der Waals surface area contributed by atoms with Crippen molar-refractivity contribution < 1.29 is 23.9 Å². The molecule has 0 aromatic carbocycles. The Hall–Kier alpha value is -2.14. The highest BCUT2D eigenvalue weighted by atomic mass is 33.1. The highest BCUT2D eigenvalue weighted by Gasteiger charge is 2.43. The molecule has 0 radical (unpaired) electrons. The molecule has 0 aromatic heterocycles. The van der Waals surface area contributed by atoms with Gasteiger partial charge >= 0.3 is 5.97 Å². The van der Waals surface area contributed by atoms with Gasteiger partial charge in [-0.3, -0.25) is 19.3 Å². The highest BCUT2D eigenvalue weighted by Crippen LogP contribution is 2.42. The van der Waals surface area contributed by atoms with Gasteiger partial charge in [0.05, 0.1) is 12.1 Å². The summed E-state index contributed by atoms with van der Waals surface area (Å²) in [4.78, 5) is 37.8. The normalized spacial score (nSPS) is 23.5. The van der Waals surface area contributed by atoms with Gasteiger partial charge in [-0.2, -0.15) is 0 Å². The third-order valence-electron chi connectivity index (χ3n) is 5.58. The zero-order valence-electron chi connectivity index (χ0n) is 19.1. The van der Waals surface area contributed by atoms with Gasteiger partial charge in [-0.05, 0) is 30.9 Å². The molecule has 1 saturated heterocycles. The molecule has 4 N–H and O–H groups in total. The molecule has 34 heavy (non-hydrogen) atoms. The van der Waals surface area contributed by atoms with E-state index in [0.29, 0.717) is 18.5 Å². The number of carbonyl (C=O) groups is 3. The number of amides is 1. The monoisotopic (exact) mass is 509 g/mol. The minimum absolute atomic E-state index is 0.0124. The Morgan fingerprint density at radius 1 is 1.24 bits per heavy atom. The number of likely N-dealkylation sites (tertiary alicyclic amines) is 1. The molecule has 7 nitrogen and oxygen atoms in total. The van der Waals surface area contributed by atoms with E-state index < -0.39 is 36.3 Å². The minimum atomic E-state index is -1.14. The van der Waals surface area contributed by atoms with Crippen molar-refractivity contribution in [2.24, 2.45) is 11.7 Å². The first-order valence-corrected chi connectivity index (χ1v) is 13.4. The van der Waals surface area contributed by atoms with Crippen LogP contribution in [-0.4, -0.2) is 70.4 Å². The van der Waals surface area contributed by atoms with Crippen LogP contribution < -0.4 is 11.1 Å². The summed E-state index contributed by atoms with van der Waals surface area (Å²) in [5, 5.41) is 10.9. The summed E-state index contributed by atoms with van der Waals surface area (Å²) < 4.78 is 14.2. The molecule has 10 heteroatoms. The molecule has 0 bridgehead atoms. The number of ketones is 1. The van der Waals surface area contributed by atoms with Crippen molar-refractivity contribution in [3.63, 3.8) is 0 Å². The van der Waals surface area contributed by atoms with Gasteiger partial charge in [0.1, 0.15) is 12.4 Å². The lowest BCUT2D eigenvalue weighted by Gasteiger charge is -2.41. The third kappa shape index (κ3) is 7.97. The van der Waals surface area contributed by atoms with E-state index in [0.717, 1.165) is 24.5 Å². The molecule has 2 fully saturated rings. The summed E-state index contributed by atoms with van der Waals surface area (Å²) >= 11 is 0. The van der Waals surface area contributed by atoms with Gasteiger partial charge in [0, 0.05) is 35.6 Å². The van der Waals surface area contributed by atoms with Crippen LogP contribution in [0.15, 0.2) is 61.0 Å². The summed E-state index contributed by atoms with van der Waals surface area (Å²) in [7, 11) is 2.93. The van der Waals surface area contributed by atoms with E-state index in [2.05, 4.69) is 25.1 Å². The van der Waals surface area contributed by atoms with Gasteiger partial charge < -0.3 is 16.2 Å². The van der Waals surface area contributed by atoms with Gasteiger partial charge in [-0.25, -0.2) is 4.39 Å². The van der Waals surface area contributed by atoms with Crippen LogP contribution in [0.4, 0.5) is 4.39 Å². The largest absolute Gasteiger partial charge is 0.480 e. The van der Waals surface area contributed by atoms with Gasteiger partial charge in [0.15, 0.2) is 5.78 Å². The Morgan fingerprint density at radius 3 is 2.50 bits per heavy atom. The first-order valence-electron chi connectivity index (χ1n) is 11.0. The SMILES string of the molecule is C=C/C=C1\C(SSCC(N)C(=O)NCC(=O)O)CCN(C/C(C=C)=C(\F)C=C)C1C(=O)C1CC1. The Morgan fingerprint density at radius 2 is 1.94 bits per heavy atom. The number of carboxylic acids is 1. The Balaban J connectivity index is 2.13. The molecule has 0 aromatic rings. The molecule has 1 saturated carbocycles. The third-order valence-corrected chi connectivity index (χ3v) is 8.46. The molecule has 0 spiro atoms. The minimum Gasteiger partial charge on any atom is -0.480 e. The number of Topliss-reactive ketones (excluding diaryl/α,β-unsaturated/α-hetero) is 1. The number of nitrogens with one attached hydrogen (secondary N) is 1. The lowest BCUT2D eigenvalue weighted by atomic mass is 9.89. The van der Waals surface area contributed by atoms with E-state index in [4.69, 9.17) is 10.8 Å². The first-order chi connectivity index (χ1) is 16.2. The predicted molar refractivity (Wildman–Crippen MR) is 137 cm³/mol. The number of nitrogens with two attached hydrogens (primary N) is 1. The topological polar surface area (TPSA) is 113 Å². The predicted octanol–water partition coefficient (Wildman–Crippen LogP) is 3.03. The number of hydrogen-bond acceptors (Lipinski definition) is 7. The van der Waals surface area contributed by atoms with Crippen LogP contribution in [0, 0.1) is 5.92 Å². The quantitative estimate of drug-likeness (QED) is 0.242. The van der Waals surface area contributed by atoms with Crippen molar-refractivity contribution in [1.29, 1.82) is 0 Å². The zero-order chi connectivity index (χ0) is 25.3. The molecule has 2 rings (SSSR count). The van der Waals surface area contributed by atoms with Crippen molar-refractivity contribution in [2.75, 3.05) is 25.4 Å². The number of hydrogen-bond donors (Lipinski definition) is 3. The van der Waals surface area contributed by atoms with Crippen molar-refractivity contribution in [1.82, 2.24) is 10.2 Å². The fourth-order valence-electron chi connectivity index (χ4n) is 3.66. The first kappa shape index (κ1) is 28.1. The lowest BCUT2D eigenvalue weighted by molar-refractivity contribution is -0.138. The number of carboxylic acid groups (broad SMARTS) is 1. The van der Waals surface area contributed by atoms with Crippen LogP contribution in [0.1, 0.15) is 19.3 Å². The lowest BCUT2D eigenvalue weighted by Crippen LogP contribution is -2.51. The molecular weight excluding hydrogens is 477 g/mol. The van der Waals surface area contributed by atoms with Crippen LogP contribution in [0.5, 0.6) is 0 Å². The maximum Gasteiger partial charge on any atom is 0.322 e. The number of aliphatic carboxylic acids is 1. The Kier molecular flexibility index (Phi) is 11.3. The fraction of sp³-hybridized carbons (Fsp3) is 0.458. The average molecular weight is 510 g/mol. The summed E-state index contributed by atoms with van der Waals surface area (Å²) in [6.45, 7) is 11.4. The molecule has 1 aliphatic carbocycles. The number of piperidine rings is 1. The molecule has 3 atom stereocenters. The van der Waals surface area contributed by atoms with E-state index in [1.54, 1.807) is 6.08 Å². The molecule has 2 aliphatic rings. The summed E-state index contributed by atoms with van der Waals surface area (Å²) in [5.41, 5.74) is 7.17. The van der Waals surface area contributed by atoms with Crippen LogP contribution in [0.3, 0.4) is 0 Å². The Bertz CT molecular complexity index is 885. The molecule has 186 valence electrons. The van der Waals surface area contributed by atoms with E-state index in [9.17, 15) is 18.8 Å². The smallest absolute Gasteiger partial charge is 0.322 e. The number of carbonyl (C=O) groups excluding carboxylic acids is 2. The number of rotatable bonds is 14. The van der Waals surface area contributed by atoms with Crippen LogP contribution >= 0.6 is 21.6 Å². The Labute approximate surface area is 207 Å². The fourth-order valence-corrected chi connectivity index (χ4v) is 6.51. The van der Waals surface area contributed by atoms with Crippen LogP contribution in [-0.2, 0) is 14.4 Å². The van der Waals surface area contributed by atoms with Crippen LogP contribution in [0.2, 0.25) is 0 Å². The summed E-state index contributed by atoms with van der Waals surface area (Å²) in [6.07, 6.45) is 8.56. The maximum atomic E-state index is 14.2. The van der Waals surface area contributed by atoms with Crippen molar-refractivity contribution in [2.45, 2.75) is 36.6 Å². The standard InChI is InChI=1S/C24H32FN3O4S2/c1-4-7-17-20(34-33-14-19(26)24(32)27-12-21(29)30)10-11-28(13-15(5-2)18(25)6-3)22(17)23(31)16-8-9-16/h4-7,16,19-20,22H,1-3,8-14,26H2,(H,27,32)(H,29,30)/b17-7+,18-15-. The van der Waals surface area contributed by atoms with Crippen LogP contribution in [0.25, 0.3) is 0 Å². The van der Waals surface area contributed by atoms with Gasteiger partial charge in [0.2, 0.25) is 5.91 Å². The van der Waals surface area contributed by atoms with E-state index >= 15 is 0 Å². The zero-order valence-corrected chi connectivity index (χ0v) is 20.7. The molecule has 1 aliphatic heterocycles. The van der Waals surface area contributed by atoms with E-state index in [1.165, 1.54) is 27.7 Å². The summed E-state index contributed by atoms with van der Waals surface area (Å²) in [6, 6.07) is -1.34. The van der Waals surface area contributed by atoms with Crippen molar-refractivity contribution in [3.8, 4) is 0 Å². The van der Waals surface area contributed by atoms with E-state index in [-0.39, 0.29) is 29.2 Å². The summed E-state index contributed by atoms with van der Waals surface area (Å²) in [5.74, 6) is -1.68. The highest BCUT2D eigenvalue weighted by molar-refractivity contribution is 8.77. The van der Waals surface area contributed by atoms with Crippen molar-refractivity contribution >= 4 is 39.2 Å². The average Bonchev–Trinajstić information content (AvgIpc) is 3.66. The van der Waals surface area contributed by atoms with E-state index in [1.807, 2.05) is 11.0 Å². The van der Waals surface area contributed by atoms with Crippen molar-refractivity contribution in [3.05, 3.63) is 61.0 Å². The second-order valence-electron chi connectivity index (χ2n) is 8.11. The number of nitrogens with zero attached hydrogens (tertiary/aromatic N) is 1. The van der Waals surface area contributed by atoms with Gasteiger partial charge in [-0.15, -0.1) is 0 Å². The second kappa shape index (κ2) is 13.7. The van der Waals surface area contributed by atoms with Gasteiger partial charge in [0.25, 0.3) is 0 Å². The molecule has 3 unspecified atom stereocenters. The molecule has 1 heterocycles.